The van der Waals surface area contributed by atoms with Gasteiger partial charge in [-0.3, -0.25) is 9.36 Å². The molecular weight excluding hydrogens is 301 g/mol. The Kier molecular flexibility index (Phi) is 3.89. The Balaban J connectivity index is 2.74. The second-order valence-corrected chi connectivity index (χ2v) is 4.41. The number of alkyl halides is 3. The summed E-state index contributed by atoms with van der Waals surface area (Å²) in [6.07, 6.45) is -2.50. The topological polar surface area (TPSA) is 80.0 Å². The highest BCUT2D eigenvalue weighted by atomic mass is 19.4. The van der Waals surface area contributed by atoms with E-state index in [9.17, 15) is 23.1 Å². The van der Waals surface area contributed by atoms with E-state index in [1.54, 1.807) is 0 Å². The molecule has 0 fully saturated rings. The van der Waals surface area contributed by atoms with E-state index >= 15 is 0 Å². The molecule has 0 bridgehead atoms. The normalized spacial score (nSPS) is 11.3. The molecule has 6 nitrogen and oxygen atoms in total. The summed E-state index contributed by atoms with van der Waals surface area (Å²) in [5.74, 6) is -1.06. The van der Waals surface area contributed by atoms with Gasteiger partial charge < -0.3 is 10.4 Å². The number of halogens is 3. The number of nitrogens with one attached hydrogen (secondary N) is 1. The van der Waals surface area contributed by atoms with E-state index in [0.29, 0.717) is 0 Å². The van der Waals surface area contributed by atoms with E-state index < -0.39 is 23.4 Å². The number of aromatic nitrogens is 3. The predicted octanol–water partition coefficient (Wildman–Crippen LogP) is 2.77. The average molecular weight is 312 g/mol. The van der Waals surface area contributed by atoms with Crippen molar-refractivity contribution in [3.8, 4) is 5.69 Å². The Labute approximate surface area is 122 Å². The first-order valence-electron chi connectivity index (χ1n) is 5.96. The zero-order valence-corrected chi connectivity index (χ0v) is 11.3. The van der Waals surface area contributed by atoms with Crippen LogP contribution in [0.1, 0.15) is 18.1 Å². The van der Waals surface area contributed by atoms with E-state index in [2.05, 4.69) is 22.1 Å². The zero-order valence-electron chi connectivity index (χ0n) is 11.3. The zero-order chi connectivity index (χ0) is 16.5. The van der Waals surface area contributed by atoms with Crippen LogP contribution in [0.5, 0.6) is 0 Å². The summed E-state index contributed by atoms with van der Waals surface area (Å²) in [6.45, 7) is 4.43. The minimum Gasteiger partial charge on any atom is -0.508 e. The Bertz CT molecular complexity index is 724. The van der Waals surface area contributed by atoms with Crippen LogP contribution in [-0.2, 0) is 11.0 Å². The van der Waals surface area contributed by atoms with Gasteiger partial charge in [-0.05, 0) is 12.1 Å². The number of aliphatic hydroxyl groups excluding tert-OH is 1. The first-order valence-corrected chi connectivity index (χ1v) is 5.96. The second kappa shape index (κ2) is 5.51. The SMILES string of the molecule is C=C(O)c1cc(-n2cnnc2)c(C(F)(F)F)cc1NC(C)=O. The molecule has 0 saturated carbocycles. The van der Waals surface area contributed by atoms with Crippen molar-refractivity contribution in [1.82, 2.24) is 14.8 Å². The van der Waals surface area contributed by atoms with Crippen LogP contribution in [0.25, 0.3) is 11.4 Å². The maximum absolute atomic E-state index is 13.2. The number of aliphatic hydroxyl groups is 1. The maximum Gasteiger partial charge on any atom is 0.418 e. The molecule has 0 saturated heterocycles. The molecule has 0 aliphatic heterocycles. The van der Waals surface area contributed by atoms with Crippen LogP contribution in [0.4, 0.5) is 18.9 Å². The number of rotatable bonds is 3. The molecular formula is C13H11F3N4O2. The molecule has 1 aromatic carbocycles. The van der Waals surface area contributed by atoms with Crippen molar-refractivity contribution in [2.24, 2.45) is 0 Å². The molecule has 0 unspecified atom stereocenters. The summed E-state index contributed by atoms with van der Waals surface area (Å²) in [4.78, 5) is 11.1. The summed E-state index contributed by atoms with van der Waals surface area (Å²) in [6, 6.07) is 1.78. The fourth-order valence-electron chi connectivity index (χ4n) is 1.89. The first kappa shape index (κ1) is 15.5. The van der Waals surface area contributed by atoms with Crippen molar-refractivity contribution >= 4 is 17.4 Å². The molecule has 1 amide bonds. The molecule has 22 heavy (non-hydrogen) atoms. The molecule has 0 atom stereocenters. The van der Waals surface area contributed by atoms with Gasteiger partial charge in [0, 0.05) is 12.5 Å². The third-order valence-electron chi connectivity index (χ3n) is 2.76. The Morgan fingerprint density at radius 3 is 2.36 bits per heavy atom. The number of anilines is 1. The summed E-state index contributed by atoms with van der Waals surface area (Å²) >= 11 is 0. The fourth-order valence-corrected chi connectivity index (χ4v) is 1.89. The lowest BCUT2D eigenvalue weighted by Crippen LogP contribution is -2.14. The van der Waals surface area contributed by atoms with Gasteiger partial charge in [0.1, 0.15) is 18.4 Å². The lowest BCUT2D eigenvalue weighted by atomic mass is 10.0. The van der Waals surface area contributed by atoms with Crippen molar-refractivity contribution in [3.63, 3.8) is 0 Å². The van der Waals surface area contributed by atoms with Gasteiger partial charge in [0.2, 0.25) is 5.91 Å². The van der Waals surface area contributed by atoms with Crippen molar-refractivity contribution < 1.29 is 23.1 Å². The van der Waals surface area contributed by atoms with E-state index in [1.807, 2.05) is 0 Å². The highest BCUT2D eigenvalue weighted by Crippen LogP contribution is 2.38. The molecule has 2 rings (SSSR count). The second-order valence-electron chi connectivity index (χ2n) is 4.41. The van der Waals surface area contributed by atoms with Crippen molar-refractivity contribution in [3.05, 3.63) is 42.5 Å². The van der Waals surface area contributed by atoms with Crippen LogP contribution in [0.15, 0.2) is 31.4 Å². The Morgan fingerprint density at radius 2 is 1.91 bits per heavy atom. The molecule has 1 heterocycles. The van der Waals surface area contributed by atoms with E-state index in [-0.39, 0.29) is 16.9 Å². The van der Waals surface area contributed by atoms with Crippen LogP contribution in [0.3, 0.4) is 0 Å². The van der Waals surface area contributed by atoms with Crippen molar-refractivity contribution in [2.75, 3.05) is 5.32 Å². The minimum atomic E-state index is -4.68. The summed E-state index contributed by atoms with van der Waals surface area (Å²) in [5, 5.41) is 18.7. The van der Waals surface area contributed by atoms with E-state index in [0.717, 1.165) is 36.3 Å². The number of carbonyl (C=O) groups is 1. The van der Waals surface area contributed by atoms with Gasteiger partial charge in [-0.1, -0.05) is 6.58 Å². The van der Waals surface area contributed by atoms with Gasteiger partial charge >= 0.3 is 6.18 Å². The summed E-state index contributed by atoms with van der Waals surface area (Å²) < 4.78 is 40.8. The molecule has 9 heteroatoms. The van der Waals surface area contributed by atoms with Gasteiger partial charge in [-0.25, -0.2) is 0 Å². The minimum absolute atomic E-state index is 0.0353. The number of benzene rings is 1. The lowest BCUT2D eigenvalue weighted by molar-refractivity contribution is -0.137. The van der Waals surface area contributed by atoms with Crippen molar-refractivity contribution in [1.29, 1.82) is 0 Å². The Hall–Kier alpha value is -2.84. The van der Waals surface area contributed by atoms with Gasteiger partial charge in [0.25, 0.3) is 0 Å². The van der Waals surface area contributed by atoms with Crippen molar-refractivity contribution in [2.45, 2.75) is 13.1 Å². The highest BCUT2D eigenvalue weighted by molar-refractivity contribution is 5.92. The fraction of sp³-hybridized carbons (Fsp3) is 0.154. The predicted molar refractivity (Wildman–Crippen MR) is 72.3 cm³/mol. The lowest BCUT2D eigenvalue weighted by Gasteiger charge is -2.18. The van der Waals surface area contributed by atoms with Crippen LogP contribution in [0, 0.1) is 0 Å². The maximum atomic E-state index is 13.2. The largest absolute Gasteiger partial charge is 0.508 e. The molecule has 0 radical (unpaired) electrons. The van der Waals surface area contributed by atoms with Gasteiger partial charge in [-0.15, -0.1) is 10.2 Å². The molecule has 2 aromatic rings. The van der Waals surface area contributed by atoms with E-state index in [4.69, 9.17) is 0 Å². The molecule has 1 aromatic heterocycles. The first-order chi connectivity index (χ1) is 10.2. The molecule has 116 valence electrons. The third kappa shape index (κ3) is 3.08. The Morgan fingerprint density at radius 1 is 1.32 bits per heavy atom. The van der Waals surface area contributed by atoms with Gasteiger partial charge in [0.15, 0.2) is 0 Å². The molecule has 0 aliphatic carbocycles. The van der Waals surface area contributed by atoms with Crippen LogP contribution >= 0.6 is 0 Å². The van der Waals surface area contributed by atoms with Crippen LogP contribution in [0.2, 0.25) is 0 Å². The van der Waals surface area contributed by atoms with Gasteiger partial charge in [0.05, 0.1) is 16.9 Å². The number of hydrogen-bond acceptors (Lipinski definition) is 4. The monoisotopic (exact) mass is 312 g/mol. The molecule has 0 aliphatic rings. The molecule has 0 spiro atoms. The smallest absolute Gasteiger partial charge is 0.418 e. The van der Waals surface area contributed by atoms with Crippen LogP contribution < -0.4 is 5.32 Å². The van der Waals surface area contributed by atoms with Crippen LogP contribution in [-0.4, -0.2) is 25.8 Å². The number of hydrogen-bond donors (Lipinski definition) is 2. The third-order valence-corrected chi connectivity index (χ3v) is 2.76. The highest BCUT2D eigenvalue weighted by Gasteiger charge is 2.35. The quantitative estimate of drug-likeness (QED) is 0.854. The summed E-state index contributed by atoms with van der Waals surface area (Å²) in [5.41, 5.74) is -1.53. The number of nitrogens with zero attached hydrogens (tertiary/aromatic N) is 3. The number of amides is 1. The van der Waals surface area contributed by atoms with E-state index in [1.165, 1.54) is 0 Å². The summed E-state index contributed by atoms with van der Waals surface area (Å²) in [7, 11) is 0. The average Bonchev–Trinajstić information content (AvgIpc) is 2.89. The van der Waals surface area contributed by atoms with Gasteiger partial charge in [-0.2, -0.15) is 13.2 Å². The standard InChI is InChI=1S/C13H11F3N4O2/c1-7(21)9-3-12(20-5-17-18-6-20)10(13(14,15)16)4-11(9)19-8(2)22/h3-6,21H,1H2,2H3,(H,19,22). The number of carbonyl (C=O) groups excluding carboxylic acids is 1. The molecule has 2 N–H and O–H groups in total.